The highest BCUT2D eigenvalue weighted by Gasteiger charge is 2.38. The topological polar surface area (TPSA) is 75.7 Å². The van der Waals surface area contributed by atoms with Crippen LogP contribution >= 0.6 is 11.8 Å². The molecule has 7 heteroatoms. The zero-order valence-electron chi connectivity index (χ0n) is 12.0. The Bertz CT molecular complexity index is 362. The van der Waals surface area contributed by atoms with Gasteiger partial charge in [-0.3, -0.25) is 19.3 Å². The number of nitrogens with zero attached hydrogens (tertiary/aromatic N) is 1. The van der Waals surface area contributed by atoms with Crippen molar-refractivity contribution in [2.45, 2.75) is 31.9 Å². The lowest BCUT2D eigenvalue weighted by molar-refractivity contribution is -0.138. The molecule has 3 amide bonds. The van der Waals surface area contributed by atoms with Crippen LogP contribution in [0.3, 0.4) is 0 Å². The minimum atomic E-state index is -0.270. The summed E-state index contributed by atoms with van der Waals surface area (Å²) in [6.45, 7) is 5.54. The molecule has 1 N–H and O–H groups in total. The summed E-state index contributed by atoms with van der Waals surface area (Å²) in [5.74, 6) is 0.291. The van der Waals surface area contributed by atoms with Crippen LogP contribution < -0.4 is 5.32 Å². The number of imide groups is 1. The van der Waals surface area contributed by atoms with Crippen molar-refractivity contribution in [3.63, 3.8) is 0 Å². The molecule has 1 unspecified atom stereocenters. The van der Waals surface area contributed by atoms with Crippen LogP contribution in [0.15, 0.2) is 0 Å². The van der Waals surface area contributed by atoms with Crippen molar-refractivity contribution < 1.29 is 19.1 Å². The van der Waals surface area contributed by atoms with Gasteiger partial charge in [0.1, 0.15) is 0 Å². The maximum atomic E-state index is 12.0. The quantitative estimate of drug-likeness (QED) is 0.493. The van der Waals surface area contributed by atoms with E-state index >= 15 is 0 Å². The third kappa shape index (κ3) is 5.13. The first-order valence-corrected chi connectivity index (χ1v) is 7.95. The van der Waals surface area contributed by atoms with E-state index in [-0.39, 0.29) is 42.4 Å². The Hall–Kier alpha value is -1.08. The van der Waals surface area contributed by atoms with E-state index in [1.165, 1.54) is 16.7 Å². The van der Waals surface area contributed by atoms with Crippen molar-refractivity contribution in [1.82, 2.24) is 10.2 Å². The summed E-state index contributed by atoms with van der Waals surface area (Å²) >= 11 is 1.48. The number of hydrogen-bond donors (Lipinski definition) is 1. The fourth-order valence-electron chi connectivity index (χ4n) is 1.93. The van der Waals surface area contributed by atoms with Gasteiger partial charge in [-0.1, -0.05) is 6.92 Å². The number of nitrogens with one attached hydrogen (secondary N) is 1. The van der Waals surface area contributed by atoms with E-state index < -0.39 is 0 Å². The second-order valence-electron chi connectivity index (χ2n) is 4.33. The normalized spacial score (nSPS) is 18.7. The number of amides is 3. The summed E-state index contributed by atoms with van der Waals surface area (Å²) < 4.78 is 5.10. The molecule has 1 atom stereocenters. The summed E-state index contributed by atoms with van der Waals surface area (Å²) in [6, 6.07) is 0. The van der Waals surface area contributed by atoms with E-state index in [1.54, 1.807) is 0 Å². The summed E-state index contributed by atoms with van der Waals surface area (Å²) in [5.41, 5.74) is 0. The fraction of sp³-hybridized carbons (Fsp3) is 0.769. The molecular weight excluding hydrogens is 280 g/mol. The Labute approximate surface area is 123 Å². The van der Waals surface area contributed by atoms with Gasteiger partial charge in [-0.25, -0.2) is 0 Å². The highest BCUT2D eigenvalue weighted by Crippen LogP contribution is 2.24. The summed E-state index contributed by atoms with van der Waals surface area (Å²) in [6.07, 6.45) is 0.399. The standard InChI is InChI=1S/C13H22N2O4S/c1-3-19-8-6-14-11(16)5-7-15-12(17)9-10(13(15)18)20-4-2/h10H,3-9H2,1-2H3,(H,14,16). The Morgan fingerprint density at radius 2 is 2.20 bits per heavy atom. The fourth-order valence-corrected chi connectivity index (χ4v) is 2.86. The second kappa shape index (κ2) is 8.97. The molecule has 20 heavy (non-hydrogen) atoms. The van der Waals surface area contributed by atoms with Gasteiger partial charge in [0.05, 0.1) is 11.9 Å². The molecule has 0 bridgehead atoms. The number of thioether (sulfide) groups is 1. The minimum absolute atomic E-state index is 0.146. The Morgan fingerprint density at radius 3 is 2.85 bits per heavy atom. The van der Waals surface area contributed by atoms with Gasteiger partial charge in [0.15, 0.2) is 0 Å². The summed E-state index contributed by atoms with van der Waals surface area (Å²) in [4.78, 5) is 36.4. The molecule has 1 rings (SSSR count). The van der Waals surface area contributed by atoms with Crippen LogP contribution in [0.4, 0.5) is 0 Å². The molecule has 6 nitrogen and oxygen atoms in total. The SMILES string of the molecule is CCOCCNC(=O)CCN1C(=O)CC(SCC)C1=O. The van der Waals surface area contributed by atoms with Crippen molar-refractivity contribution in [2.24, 2.45) is 0 Å². The van der Waals surface area contributed by atoms with Crippen LogP contribution in [-0.2, 0) is 19.1 Å². The van der Waals surface area contributed by atoms with Crippen molar-refractivity contribution >= 4 is 29.5 Å². The van der Waals surface area contributed by atoms with Crippen molar-refractivity contribution in [2.75, 3.05) is 32.1 Å². The third-order valence-electron chi connectivity index (χ3n) is 2.91. The first-order chi connectivity index (χ1) is 9.60. The Kier molecular flexibility index (Phi) is 7.61. The Balaban J connectivity index is 2.28. The lowest BCUT2D eigenvalue weighted by Crippen LogP contribution is -2.36. The molecule has 1 heterocycles. The summed E-state index contributed by atoms with van der Waals surface area (Å²) in [5, 5.41) is 2.42. The van der Waals surface area contributed by atoms with Gasteiger partial charge in [0.2, 0.25) is 17.7 Å². The van der Waals surface area contributed by atoms with Gasteiger partial charge < -0.3 is 10.1 Å². The van der Waals surface area contributed by atoms with Crippen LogP contribution in [0.5, 0.6) is 0 Å². The van der Waals surface area contributed by atoms with Gasteiger partial charge in [0, 0.05) is 32.5 Å². The molecule has 0 radical (unpaired) electrons. The molecule has 1 fully saturated rings. The van der Waals surface area contributed by atoms with Crippen molar-refractivity contribution in [3.8, 4) is 0 Å². The van der Waals surface area contributed by atoms with Gasteiger partial charge in [-0.2, -0.15) is 0 Å². The van der Waals surface area contributed by atoms with Gasteiger partial charge in [0.25, 0.3) is 0 Å². The molecule has 1 saturated heterocycles. The lowest BCUT2D eigenvalue weighted by Gasteiger charge is -2.14. The van der Waals surface area contributed by atoms with Crippen LogP contribution in [0.2, 0.25) is 0 Å². The van der Waals surface area contributed by atoms with E-state index in [2.05, 4.69) is 5.32 Å². The summed E-state index contributed by atoms with van der Waals surface area (Å²) in [7, 11) is 0. The smallest absolute Gasteiger partial charge is 0.242 e. The molecule has 0 saturated carbocycles. The van der Waals surface area contributed by atoms with Crippen molar-refractivity contribution in [3.05, 3.63) is 0 Å². The number of ether oxygens (including phenoxy) is 1. The van der Waals surface area contributed by atoms with Gasteiger partial charge >= 0.3 is 0 Å². The van der Waals surface area contributed by atoms with Gasteiger partial charge in [-0.15, -0.1) is 11.8 Å². The first kappa shape index (κ1) is 17.0. The zero-order valence-corrected chi connectivity index (χ0v) is 12.8. The van der Waals surface area contributed by atoms with Crippen LogP contribution in [0, 0.1) is 0 Å². The maximum Gasteiger partial charge on any atom is 0.242 e. The van der Waals surface area contributed by atoms with E-state index in [1.807, 2.05) is 13.8 Å². The monoisotopic (exact) mass is 302 g/mol. The highest BCUT2D eigenvalue weighted by atomic mass is 32.2. The molecular formula is C13H22N2O4S. The van der Waals surface area contributed by atoms with Gasteiger partial charge in [-0.05, 0) is 12.7 Å². The number of likely N-dealkylation sites (tertiary alicyclic amines) is 1. The predicted octanol–water partition coefficient (Wildman–Crippen LogP) is 0.410. The van der Waals surface area contributed by atoms with Crippen molar-refractivity contribution in [1.29, 1.82) is 0 Å². The first-order valence-electron chi connectivity index (χ1n) is 6.90. The van der Waals surface area contributed by atoms with E-state index in [9.17, 15) is 14.4 Å². The molecule has 1 aliphatic rings. The maximum absolute atomic E-state index is 12.0. The highest BCUT2D eigenvalue weighted by molar-refractivity contribution is 8.00. The number of carbonyl (C=O) groups excluding carboxylic acids is 3. The zero-order chi connectivity index (χ0) is 15.0. The molecule has 0 aromatic carbocycles. The molecule has 0 aromatic rings. The molecule has 0 spiro atoms. The molecule has 1 aliphatic heterocycles. The van der Waals surface area contributed by atoms with E-state index in [0.29, 0.717) is 19.8 Å². The average Bonchev–Trinajstić information content (AvgIpc) is 2.68. The number of hydrogen-bond acceptors (Lipinski definition) is 5. The molecule has 0 aromatic heterocycles. The van der Waals surface area contributed by atoms with E-state index in [0.717, 1.165) is 5.75 Å². The lowest BCUT2D eigenvalue weighted by atomic mass is 10.3. The third-order valence-corrected chi connectivity index (χ3v) is 4.01. The average molecular weight is 302 g/mol. The number of carbonyl (C=O) groups is 3. The predicted molar refractivity (Wildman–Crippen MR) is 77.4 cm³/mol. The second-order valence-corrected chi connectivity index (χ2v) is 5.81. The minimum Gasteiger partial charge on any atom is -0.380 e. The molecule has 114 valence electrons. The number of rotatable bonds is 9. The van der Waals surface area contributed by atoms with Crippen LogP contribution in [-0.4, -0.2) is 59.9 Å². The van der Waals surface area contributed by atoms with Crippen LogP contribution in [0.25, 0.3) is 0 Å². The van der Waals surface area contributed by atoms with E-state index in [4.69, 9.17) is 4.74 Å². The largest absolute Gasteiger partial charge is 0.380 e. The Morgan fingerprint density at radius 1 is 1.45 bits per heavy atom. The van der Waals surface area contributed by atoms with Crippen LogP contribution in [0.1, 0.15) is 26.7 Å². The molecule has 0 aliphatic carbocycles.